The summed E-state index contributed by atoms with van der Waals surface area (Å²) in [5, 5.41) is 8.13. The van der Waals surface area contributed by atoms with Gasteiger partial charge in [-0.15, -0.1) is 0 Å². The number of para-hydroxylation sites is 1. The third-order valence-electron chi connectivity index (χ3n) is 5.16. The van der Waals surface area contributed by atoms with Gasteiger partial charge in [0.05, 0.1) is 22.5 Å². The van der Waals surface area contributed by atoms with Crippen LogP contribution in [0.25, 0.3) is 21.8 Å². The molecule has 3 N–H and O–H groups in total. The average Bonchev–Trinajstić information content (AvgIpc) is 2.77. The molecule has 0 bridgehead atoms. The standard InChI is InChI=1S/C25H26N4O3S/c1-3-4-13-33(31,32)29-20-11-9-19(10-12-20)27-24-15-21(26-17(2)30)16-25-22(24)14-18-7-5-6-8-23(18)28-25/h5-12,14-16,27,29H,3-4,13H2,1-2H3,(H,26,30). The van der Waals surface area contributed by atoms with Crippen LogP contribution in [0.3, 0.4) is 0 Å². The van der Waals surface area contributed by atoms with Crippen molar-refractivity contribution in [3.63, 3.8) is 0 Å². The van der Waals surface area contributed by atoms with Crippen LogP contribution >= 0.6 is 0 Å². The smallest absolute Gasteiger partial charge is 0.232 e. The zero-order chi connectivity index (χ0) is 23.4. The highest BCUT2D eigenvalue weighted by atomic mass is 32.2. The van der Waals surface area contributed by atoms with Gasteiger partial charge in [-0.3, -0.25) is 9.52 Å². The predicted molar refractivity (Wildman–Crippen MR) is 136 cm³/mol. The van der Waals surface area contributed by atoms with Gasteiger partial charge in [0.1, 0.15) is 0 Å². The second-order valence-electron chi connectivity index (χ2n) is 7.93. The van der Waals surface area contributed by atoms with E-state index in [-0.39, 0.29) is 11.7 Å². The number of benzene rings is 3. The molecule has 0 saturated heterocycles. The van der Waals surface area contributed by atoms with E-state index in [4.69, 9.17) is 4.98 Å². The average molecular weight is 463 g/mol. The SMILES string of the molecule is CCCCS(=O)(=O)Nc1ccc(Nc2cc(NC(C)=O)cc3nc4ccccc4cc23)cc1. The largest absolute Gasteiger partial charge is 0.355 e. The van der Waals surface area contributed by atoms with Gasteiger partial charge in [-0.25, -0.2) is 13.4 Å². The zero-order valence-electron chi connectivity index (χ0n) is 18.6. The third-order valence-corrected chi connectivity index (χ3v) is 6.53. The number of fused-ring (bicyclic) bond motifs is 2. The van der Waals surface area contributed by atoms with Crippen LogP contribution in [0.5, 0.6) is 0 Å². The number of pyridine rings is 1. The number of nitrogens with one attached hydrogen (secondary N) is 3. The number of hydrogen-bond acceptors (Lipinski definition) is 5. The molecule has 0 unspecified atom stereocenters. The van der Waals surface area contributed by atoms with Crippen molar-refractivity contribution in [1.82, 2.24) is 4.98 Å². The Hall–Kier alpha value is -3.65. The van der Waals surface area contributed by atoms with Gasteiger partial charge in [-0.05, 0) is 55.0 Å². The van der Waals surface area contributed by atoms with Crippen LogP contribution in [-0.2, 0) is 14.8 Å². The van der Waals surface area contributed by atoms with Crippen LogP contribution in [0.15, 0.2) is 66.7 Å². The lowest BCUT2D eigenvalue weighted by molar-refractivity contribution is -0.114. The molecule has 0 aliphatic carbocycles. The Morgan fingerprint density at radius 3 is 2.36 bits per heavy atom. The first-order chi connectivity index (χ1) is 15.8. The number of rotatable bonds is 8. The van der Waals surface area contributed by atoms with E-state index in [2.05, 4.69) is 21.4 Å². The van der Waals surface area contributed by atoms with Crippen molar-refractivity contribution in [2.75, 3.05) is 21.1 Å². The first-order valence-corrected chi connectivity index (χ1v) is 12.5. The highest BCUT2D eigenvalue weighted by Gasteiger charge is 2.11. The Bertz CT molecular complexity index is 1420. The Morgan fingerprint density at radius 1 is 0.909 bits per heavy atom. The van der Waals surface area contributed by atoms with Crippen LogP contribution < -0.4 is 15.4 Å². The molecule has 1 aromatic heterocycles. The molecule has 7 nitrogen and oxygen atoms in total. The van der Waals surface area contributed by atoms with Crippen LogP contribution in [0.2, 0.25) is 0 Å². The zero-order valence-corrected chi connectivity index (χ0v) is 19.4. The van der Waals surface area contributed by atoms with E-state index in [1.807, 2.05) is 55.5 Å². The quantitative estimate of drug-likeness (QED) is 0.295. The molecule has 8 heteroatoms. The van der Waals surface area contributed by atoms with Gasteiger partial charge in [0.15, 0.2) is 0 Å². The van der Waals surface area contributed by atoms with E-state index >= 15 is 0 Å². The van der Waals surface area contributed by atoms with Gasteiger partial charge in [0.2, 0.25) is 15.9 Å². The van der Waals surface area contributed by atoms with Crippen molar-refractivity contribution in [3.05, 3.63) is 66.7 Å². The molecule has 4 aromatic rings. The van der Waals surface area contributed by atoms with E-state index < -0.39 is 10.0 Å². The molecule has 0 aliphatic rings. The maximum absolute atomic E-state index is 12.1. The number of hydrogen-bond donors (Lipinski definition) is 3. The molecular formula is C25H26N4O3S. The van der Waals surface area contributed by atoms with Crippen LogP contribution in [0, 0.1) is 0 Å². The lowest BCUT2D eigenvalue weighted by Crippen LogP contribution is -2.16. The molecule has 3 aromatic carbocycles. The van der Waals surface area contributed by atoms with Gasteiger partial charge in [-0.1, -0.05) is 31.5 Å². The lowest BCUT2D eigenvalue weighted by Gasteiger charge is -2.14. The number of aromatic nitrogens is 1. The summed E-state index contributed by atoms with van der Waals surface area (Å²) in [7, 11) is -3.35. The molecule has 0 aliphatic heterocycles. The monoisotopic (exact) mass is 462 g/mol. The third kappa shape index (κ3) is 5.59. The fourth-order valence-corrected chi connectivity index (χ4v) is 4.87. The fraction of sp³-hybridized carbons (Fsp3) is 0.200. The van der Waals surface area contributed by atoms with E-state index in [1.165, 1.54) is 6.92 Å². The van der Waals surface area contributed by atoms with Crippen molar-refractivity contribution >= 4 is 60.5 Å². The van der Waals surface area contributed by atoms with Crippen molar-refractivity contribution < 1.29 is 13.2 Å². The maximum Gasteiger partial charge on any atom is 0.232 e. The van der Waals surface area contributed by atoms with Gasteiger partial charge in [-0.2, -0.15) is 0 Å². The normalized spacial score (nSPS) is 11.5. The summed E-state index contributed by atoms with van der Waals surface area (Å²) in [5.74, 6) is -0.0624. The highest BCUT2D eigenvalue weighted by molar-refractivity contribution is 7.92. The van der Waals surface area contributed by atoms with Crippen LogP contribution in [0.4, 0.5) is 22.7 Å². The molecule has 1 heterocycles. The Labute approximate surface area is 193 Å². The molecule has 0 radical (unpaired) electrons. The Morgan fingerprint density at radius 2 is 1.64 bits per heavy atom. The summed E-state index contributed by atoms with van der Waals surface area (Å²) in [6.07, 6.45) is 1.44. The second-order valence-corrected chi connectivity index (χ2v) is 9.77. The summed E-state index contributed by atoms with van der Waals surface area (Å²) in [6.45, 7) is 3.42. The van der Waals surface area contributed by atoms with Gasteiger partial charge in [0, 0.05) is 34.8 Å². The summed E-state index contributed by atoms with van der Waals surface area (Å²) in [5.41, 5.74) is 4.34. The molecule has 0 spiro atoms. The molecule has 33 heavy (non-hydrogen) atoms. The van der Waals surface area contributed by atoms with E-state index in [9.17, 15) is 13.2 Å². The van der Waals surface area contributed by atoms with E-state index in [0.717, 1.165) is 39.6 Å². The Balaban J connectivity index is 1.67. The predicted octanol–water partition coefficient (Wildman–Crippen LogP) is 5.63. The number of carbonyl (C=O) groups excluding carboxylic acids is 1. The number of sulfonamides is 1. The molecular weight excluding hydrogens is 436 g/mol. The number of carbonyl (C=O) groups is 1. The lowest BCUT2D eigenvalue weighted by atomic mass is 10.1. The molecule has 0 atom stereocenters. The summed E-state index contributed by atoms with van der Waals surface area (Å²) >= 11 is 0. The first kappa shape index (κ1) is 22.5. The van der Waals surface area contributed by atoms with Crippen molar-refractivity contribution in [2.45, 2.75) is 26.7 Å². The Kier molecular flexibility index (Phi) is 6.46. The molecule has 170 valence electrons. The van der Waals surface area contributed by atoms with Gasteiger partial charge in [0.25, 0.3) is 0 Å². The van der Waals surface area contributed by atoms with Crippen molar-refractivity contribution in [3.8, 4) is 0 Å². The fourth-order valence-electron chi connectivity index (χ4n) is 3.60. The van der Waals surface area contributed by atoms with Crippen molar-refractivity contribution in [2.24, 2.45) is 0 Å². The second kappa shape index (κ2) is 9.46. The topological polar surface area (TPSA) is 100 Å². The van der Waals surface area contributed by atoms with E-state index in [0.29, 0.717) is 17.8 Å². The minimum Gasteiger partial charge on any atom is -0.355 e. The number of anilines is 4. The minimum atomic E-state index is -3.35. The van der Waals surface area contributed by atoms with Crippen LogP contribution in [0.1, 0.15) is 26.7 Å². The number of amides is 1. The maximum atomic E-state index is 12.1. The molecule has 0 fully saturated rings. The molecule has 4 rings (SSSR count). The molecule has 0 saturated carbocycles. The van der Waals surface area contributed by atoms with Crippen LogP contribution in [-0.4, -0.2) is 25.1 Å². The van der Waals surface area contributed by atoms with Gasteiger partial charge < -0.3 is 10.6 Å². The van der Waals surface area contributed by atoms with Crippen molar-refractivity contribution in [1.29, 1.82) is 0 Å². The molecule has 1 amide bonds. The van der Waals surface area contributed by atoms with Gasteiger partial charge >= 0.3 is 0 Å². The number of unbranched alkanes of at least 4 members (excludes halogenated alkanes) is 1. The summed E-state index contributed by atoms with van der Waals surface area (Å²) in [6, 6.07) is 20.7. The summed E-state index contributed by atoms with van der Waals surface area (Å²) in [4.78, 5) is 16.4. The summed E-state index contributed by atoms with van der Waals surface area (Å²) < 4.78 is 26.9. The van der Waals surface area contributed by atoms with E-state index in [1.54, 1.807) is 12.1 Å². The highest BCUT2D eigenvalue weighted by Crippen LogP contribution is 2.32. The number of nitrogens with zero attached hydrogens (tertiary/aromatic N) is 1. The minimum absolute atomic E-state index is 0.104. The first-order valence-electron chi connectivity index (χ1n) is 10.8.